The highest BCUT2D eigenvalue weighted by molar-refractivity contribution is 4.81. The Morgan fingerprint density at radius 3 is 2.00 bits per heavy atom. The Morgan fingerprint density at radius 1 is 0.923 bits per heavy atom. The fourth-order valence-corrected chi connectivity index (χ4v) is 2.68. The van der Waals surface area contributed by atoms with Crippen molar-refractivity contribution in [3.05, 3.63) is 0 Å². The minimum Gasteiger partial charge on any atom is -0.309 e. The molecule has 4 unspecified atom stereocenters. The number of rotatable bonds is 2. The zero-order chi connectivity index (χ0) is 10.0. The number of hydrogen-bond acceptors (Lipinski definition) is 1. The van der Waals surface area contributed by atoms with Gasteiger partial charge >= 0.3 is 0 Å². The second-order valence-electron chi connectivity index (χ2n) is 5.43. The van der Waals surface area contributed by atoms with Gasteiger partial charge in [0.2, 0.25) is 0 Å². The molecule has 1 rings (SSSR count). The summed E-state index contributed by atoms with van der Waals surface area (Å²) in [6, 6.07) is 0. The monoisotopic (exact) mass is 183 g/mol. The van der Waals surface area contributed by atoms with Gasteiger partial charge in [0.1, 0.15) is 0 Å². The van der Waals surface area contributed by atoms with Gasteiger partial charge in [0, 0.05) is 6.54 Å². The highest BCUT2D eigenvalue weighted by Crippen LogP contribution is 2.37. The van der Waals surface area contributed by atoms with Crippen LogP contribution in [-0.4, -0.2) is 25.5 Å². The van der Waals surface area contributed by atoms with Crippen LogP contribution >= 0.6 is 0 Å². The zero-order valence-electron chi connectivity index (χ0n) is 9.88. The van der Waals surface area contributed by atoms with E-state index in [0.29, 0.717) is 0 Å². The van der Waals surface area contributed by atoms with Crippen LogP contribution in [0.15, 0.2) is 0 Å². The lowest BCUT2D eigenvalue weighted by Gasteiger charge is -2.38. The predicted molar refractivity (Wildman–Crippen MR) is 58.8 cm³/mol. The average Bonchev–Trinajstić information content (AvgIpc) is 1.99. The van der Waals surface area contributed by atoms with Crippen molar-refractivity contribution in [2.75, 3.05) is 20.6 Å². The van der Waals surface area contributed by atoms with Crippen LogP contribution in [0, 0.1) is 23.7 Å². The second kappa shape index (κ2) is 4.45. The molecule has 0 saturated heterocycles. The van der Waals surface area contributed by atoms with Gasteiger partial charge in [-0.1, -0.05) is 20.8 Å². The maximum atomic E-state index is 2.43. The summed E-state index contributed by atoms with van der Waals surface area (Å²) in [5.74, 6) is 3.73. The predicted octanol–water partition coefficient (Wildman–Crippen LogP) is 2.87. The van der Waals surface area contributed by atoms with Crippen LogP contribution in [0.4, 0.5) is 0 Å². The van der Waals surface area contributed by atoms with Crippen LogP contribution in [0.25, 0.3) is 0 Å². The largest absolute Gasteiger partial charge is 0.309 e. The lowest BCUT2D eigenvalue weighted by molar-refractivity contribution is 0.119. The van der Waals surface area contributed by atoms with Gasteiger partial charge in [0.15, 0.2) is 0 Å². The molecule has 1 aliphatic rings. The van der Waals surface area contributed by atoms with E-state index in [2.05, 4.69) is 39.8 Å². The molecule has 1 fully saturated rings. The molecule has 0 aromatic carbocycles. The van der Waals surface area contributed by atoms with Gasteiger partial charge in [-0.25, -0.2) is 0 Å². The third-order valence-corrected chi connectivity index (χ3v) is 3.79. The first kappa shape index (κ1) is 11.0. The zero-order valence-corrected chi connectivity index (χ0v) is 9.88. The van der Waals surface area contributed by atoms with Gasteiger partial charge in [-0.3, -0.25) is 0 Å². The van der Waals surface area contributed by atoms with Crippen molar-refractivity contribution in [2.45, 2.75) is 33.6 Å². The fourth-order valence-electron chi connectivity index (χ4n) is 2.68. The fraction of sp³-hybridized carbons (Fsp3) is 1.00. The summed E-state index contributed by atoms with van der Waals surface area (Å²) in [5.41, 5.74) is 0. The maximum Gasteiger partial charge on any atom is 0.000621 e. The molecule has 0 aromatic rings. The van der Waals surface area contributed by atoms with Gasteiger partial charge in [0.05, 0.1) is 0 Å². The van der Waals surface area contributed by atoms with E-state index in [1.54, 1.807) is 0 Å². The lowest BCUT2D eigenvalue weighted by atomic mass is 9.70. The smallest absolute Gasteiger partial charge is 0.000621 e. The molecule has 4 atom stereocenters. The first-order valence-corrected chi connectivity index (χ1v) is 5.65. The highest BCUT2D eigenvalue weighted by Gasteiger charge is 2.30. The summed E-state index contributed by atoms with van der Waals surface area (Å²) in [7, 11) is 4.38. The quantitative estimate of drug-likeness (QED) is 0.636. The number of nitrogens with zero attached hydrogens (tertiary/aromatic N) is 1. The summed E-state index contributed by atoms with van der Waals surface area (Å²) in [6.07, 6.45) is 2.86. The summed E-state index contributed by atoms with van der Waals surface area (Å²) in [6.45, 7) is 8.53. The van der Waals surface area contributed by atoms with Crippen molar-refractivity contribution < 1.29 is 0 Å². The first-order chi connectivity index (χ1) is 6.00. The van der Waals surface area contributed by atoms with Crippen molar-refractivity contribution in [2.24, 2.45) is 23.7 Å². The molecule has 0 heterocycles. The Hall–Kier alpha value is -0.0400. The Balaban J connectivity index is 2.46. The first-order valence-electron chi connectivity index (χ1n) is 5.65. The molecule has 13 heavy (non-hydrogen) atoms. The van der Waals surface area contributed by atoms with Gasteiger partial charge in [-0.15, -0.1) is 0 Å². The van der Waals surface area contributed by atoms with Crippen molar-refractivity contribution in [3.8, 4) is 0 Å². The van der Waals surface area contributed by atoms with E-state index in [0.717, 1.165) is 23.7 Å². The van der Waals surface area contributed by atoms with E-state index in [-0.39, 0.29) is 0 Å². The Morgan fingerprint density at radius 2 is 1.46 bits per heavy atom. The Labute approximate surface area is 83.5 Å². The second-order valence-corrected chi connectivity index (χ2v) is 5.43. The van der Waals surface area contributed by atoms with E-state index in [4.69, 9.17) is 0 Å². The lowest BCUT2D eigenvalue weighted by Crippen LogP contribution is -2.34. The highest BCUT2D eigenvalue weighted by atomic mass is 15.1. The van der Waals surface area contributed by atoms with Gasteiger partial charge in [-0.05, 0) is 50.6 Å². The van der Waals surface area contributed by atoms with Crippen molar-refractivity contribution in [3.63, 3.8) is 0 Å². The molecule has 0 amide bonds. The van der Waals surface area contributed by atoms with Crippen molar-refractivity contribution in [1.82, 2.24) is 4.90 Å². The minimum absolute atomic E-state index is 0.925. The van der Waals surface area contributed by atoms with E-state index in [9.17, 15) is 0 Å². The molecule has 78 valence electrons. The van der Waals surface area contributed by atoms with Crippen LogP contribution < -0.4 is 0 Å². The number of hydrogen-bond donors (Lipinski definition) is 0. The summed E-state index contributed by atoms with van der Waals surface area (Å²) in [5, 5.41) is 0. The molecule has 0 bridgehead atoms. The van der Waals surface area contributed by atoms with Gasteiger partial charge in [-0.2, -0.15) is 0 Å². The Kier molecular flexibility index (Phi) is 3.78. The Bertz CT molecular complexity index is 153. The summed E-state index contributed by atoms with van der Waals surface area (Å²) < 4.78 is 0. The third-order valence-electron chi connectivity index (χ3n) is 3.79. The van der Waals surface area contributed by atoms with Crippen molar-refractivity contribution >= 4 is 0 Å². The maximum absolute atomic E-state index is 2.43. The van der Waals surface area contributed by atoms with E-state index >= 15 is 0 Å². The minimum atomic E-state index is 0.925. The standard InChI is InChI=1S/C12H25N/c1-9-6-11(3)12(7-10(9)2)8-13(4)5/h9-12H,6-8H2,1-5H3. The molecule has 0 spiro atoms. The SMILES string of the molecule is CC1CC(C)C(CN(C)C)CC1C. The normalized spacial score (nSPS) is 41.1. The third kappa shape index (κ3) is 2.98. The van der Waals surface area contributed by atoms with E-state index in [1.807, 2.05) is 0 Å². The molecule has 0 radical (unpaired) electrons. The van der Waals surface area contributed by atoms with E-state index in [1.165, 1.54) is 19.4 Å². The molecule has 1 aliphatic carbocycles. The molecule has 1 nitrogen and oxygen atoms in total. The summed E-state index contributed by atoms with van der Waals surface area (Å²) in [4.78, 5) is 2.34. The topological polar surface area (TPSA) is 3.24 Å². The molecular weight excluding hydrogens is 158 g/mol. The molecule has 1 heteroatoms. The molecular formula is C12H25N. The van der Waals surface area contributed by atoms with Crippen LogP contribution in [0.5, 0.6) is 0 Å². The average molecular weight is 183 g/mol. The molecule has 0 aliphatic heterocycles. The van der Waals surface area contributed by atoms with Crippen LogP contribution in [0.2, 0.25) is 0 Å². The van der Waals surface area contributed by atoms with Crippen LogP contribution in [-0.2, 0) is 0 Å². The van der Waals surface area contributed by atoms with E-state index < -0.39 is 0 Å². The van der Waals surface area contributed by atoms with Gasteiger partial charge < -0.3 is 4.90 Å². The molecule has 1 saturated carbocycles. The molecule has 0 aromatic heterocycles. The van der Waals surface area contributed by atoms with Gasteiger partial charge in [0.25, 0.3) is 0 Å². The van der Waals surface area contributed by atoms with Crippen molar-refractivity contribution in [1.29, 1.82) is 0 Å². The van der Waals surface area contributed by atoms with Crippen LogP contribution in [0.3, 0.4) is 0 Å². The summed E-state index contributed by atoms with van der Waals surface area (Å²) >= 11 is 0. The molecule has 0 N–H and O–H groups in total. The van der Waals surface area contributed by atoms with Crippen LogP contribution in [0.1, 0.15) is 33.6 Å².